The average Bonchev–Trinajstić information content (AvgIpc) is 2.79. The minimum absolute atomic E-state index is 0.0442. The molecule has 0 radical (unpaired) electrons. The molecule has 2 saturated heterocycles. The van der Waals surface area contributed by atoms with Crippen molar-refractivity contribution in [3.63, 3.8) is 0 Å². The fourth-order valence-corrected chi connectivity index (χ4v) is 3.99. The molecule has 13 nitrogen and oxygen atoms in total. The van der Waals surface area contributed by atoms with Crippen LogP contribution in [0.2, 0.25) is 0 Å². The quantitative estimate of drug-likeness (QED) is 0.337. The molecule has 2 aliphatic rings. The topological polar surface area (TPSA) is 192 Å². The van der Waals surface area contributed by atoms with E-state index < -0.39 is 58.5 Å². The summed E-state index contributed by atoms with van der Waals surface area (Å²) < 4.78 is 35.3. The van der Waals surface area contributed by atoms with Crippen LogP contribution in [0.25, 0.3) is 0 Å². The molecule has 0 aromatic carbocycles. The molecule has 3 amide bonds. The number of rotatable bonds is 6. The molecule has 2 fully saturated rings. The number of phosphoric acid groups is 2. The van der Waals surface area contributed by atoms with Gasteiger partial charge in [0.25, 0.3) is 0 Å². The number of ether oxygens (including phenoxy) is 1. The maximum Gasteiger partial charge on any atom is 0.481 e. The molecule has 25 heavy (non-hydrogen) atoms. The van der Waals surface area contributed by atoms with Crippen molar-refractivity contribution >= 4 is 27.6 Å². The van der Waals surface area contributed by atoms with Crippen molar-refractivity contribution in [3.05, 3.63) is 0 Å². The summed E-state index contributed by atoms with van der Waals surface area (Å²) in [6, 6.07) is -0.695. The van der Waals surface area contributed by atoms with Crippen LogP contribution < -0.4 is 5.32 Å². The summed E-state index contributed by atoms with van der Waals surface area (Å²) in [6.07, 6.45) is -3.27. The average molecular weight is 404 g/mol. The van der Waals surface area contributed by atoms with E-state index in [2.05, 4.69) is 14.2 Å². The summed E-state index contributed by atoms with van der Waals surface area (Å²) in [5.41, 5.74) is 0. The maximum absolute atomic E-state index is 11.8. The maximum atomic E-state index is 11.8. The molecule has 0 aliphatic carbocycles. The zero-order valence-electron chi connectivity index (χ0n) is 12.9. The standard InChI is InChI=1S/C10H18N2O11P2/c1-5-3-12(10(15)11-9(5)14)8-2-6(13)7(22-8)4-21-25(19,20)23-24(16,17)18/h5-8,13H,2-4H2,1H3,(H,19,20)(H,11,14,15)(H2,16,17,18). The van der Waals surface area contributed by atoms with E-state index in [1.807, 2.05) is 0 Å². The summed E-state index contributed by atoms with van der Waals surface area (Å²) >= 11 is 0. The second-order valence-corrected chi connectivity index (χ2v) is 8.45. The molecule has 2 rings (SSSR count). The Morgan fingerprint density at radius 2 is 1.96 bits per heavy atom. The Balaban J connectivity index is 1.93. The summed E-state index contributed by atoms with van der Waals surface area (Å²) in [4.78, 5) is 50.6. The van der Waals surface area contributed by atoms with Gasteiger partial charge >= 0.3 is 21.7 Å². The summed E-state index contributed by atoms with van der Waals surface area (Å²) in [7, 11) is -10.3. The van der Waals surface area contributed by atoms with Gasteiger partial charge in [-0.3, -0.25) is 19.5 Å². The Morgan fingerprint density at radius 3 is 2.56 bits per heavy atom. The number of aliphatic hydroxyl groups is 1. The first-order valence-corrected chi connectivity index (χ1v) is 10.1. The molecular weight excluding hydrogens is 386 g/mol. The van der Waals surface area contributed by atoms with Crippen molar-refractivity contribution in [2.45, 2.75) is 31.8 Å². The van der Waals surface area contributed by atoms with E-state index in [-0.39, 0.29) is 13.0 Å². The Kier molecular flexibility index (Phi) is 6.04. The SMILES string of the molecule is CC1CN(C2CC(O)C(COP(=O)(O)OP(=O)(O)O)O2)C(=O)NC1=O. The Morgan fingerprint density at radius 1 is 1.32 bits per heavy atom. The monoisotopic (exact) mass is 404 g/mol. The lowest BCUT2D eigenvalue weighted by Gasteiger charge is -2.34. The molecule has 5 atom stereocenters. The number of imide groups is 1. The smallest absolute Gasteiger partial charge is 0.390 e. The van der Waals surface area contributed by atoms with Crippen molar-refractivity contribution in [1.29, 1.82) is 0 Å². The van der Waals surface area contributed by atoms with Gasteiger partial charge in [0.1, 0.15) is 12.3 Å². The van der Waals surface area contributed by atoms with Gasteiger partial charge in [0.05, 0.1) is 18.6 Å². The number of amides is 3. The molecule has 0 aromatic heterocycles. The number of carbonyl (C=O) groups excluding carboxylic acids is 2. The molecule has 0 saturated carbocycles. The van der Waals surface area contributed by atoms with Gasteiger partial charge in [0, 0.05) is 13.0 Å². The highest BCUT2D eigenvalue weighted by molar-refractivity contribution is 7.60. The van der Waals surface area contributed by atoms with Crippen molar-refractivity contribution < 1.29 is 52.1 Å². The number of hydrogen-bond donors (Lipinski definition) is 5. The molecule has 5 unspecified atom stereocenters. The molecule has 0 aromatic rings. The Hall–Kier alpha value is -0.880. The van der Waals surface area contributed by atoms with Gasteiger partial charge in [-0.25, -0.2) is 13.9 Å². The van der Waals surface area contributed by atoms with Gasteiger partial charge in [-0.1, -0.05) is 6.92 Å². The zero-order valence-corrected chi connectivity index (χ0v) is 14.7. The van der Waals surface area contributed by atoms with E-state index in [0.29, 0.717) is 0 Å². The van der Waals surface area contributed by atoms with Gasteiger partial charge in [0.2, 0.25) is 5.91 Å². The van der Waals surface area contributed by atoms with Crippen LogP contribution in [0.3, 0.4) is 0 Å². The molecule has 0 bridgehead atoms. The lowest BCUT2D eigenvalue weighted by molar-refractivity contribution is -0.128. The predicted molar refractivity (Wildman–Crippen MR) is 77.6 cm³/mol. The predicted octanol–water partition coefficient (Wildman–Crippen LogP) is -1.12. The number of urea groups is 1. The van der Waals surface area contributed by atoms with Crippen LogP contribution in [0.4, 0.5) is 4.79 Å². The van der Waals surface area contributed by atoms with Gasteiger partial charge in [-0.15, -0.1) is 0 Å². The second kappa shape index (κ2) is 7.39. The fourth-order valence-electron chi connectivity index (χ4n) is 2.39. The van der Waals surface area contributed by atoms with Crippen LogP contribution >= 0.6 is 15.6 Å². The van der Waals surface area contributed by atoms with Gasteiger partial charge < -0.3 is 24.5 Å². The van der Waals surface area contributed by atoms with Gasteiger partial charge in [-0.05, 0) is 0 Å². The van der Waals surface area contributed by atoms with Crippen LogP contribution in [0, 0.1) is 5.92 Å². The lowest BCUT2D eigenvalue weighted by Crippen LogP contribution is -2.57. The van der Waals surface area contributed by atoms with Crippen molar-refractivity contribution in [2.75, 3.05) is 13.2 Å². The number of phosphoric ester groups is 1. The molecule has 2 heterocycles. The molecule has 5 N–H and O–H groups in total. The third-order valence-electron chi connectivity index (χ3n) is 3.57. The van der Waals surface area contributed by atoms with Crippen LogP contribution in [-0.4, -0.2) is 68.2 Å². The van der Waals surface area contributed by atoms with Gasteiger partial charge in [-0.2, -0.15) is 4.31 Å². The molecular formula is C10H18N2O11P2. The largest absolute Gasteiger partial charge is 0.481 e. The second-order valence-electron chi connectivity index (χ2n) is 5.62. The normalized spacial score (nSPS) is 33.2. The highest BCUT2D eigenvalue weighted by atomic mass is 31.3. The van der Waals surface area contributed by atoms with Crippen LogP contribution in [0.1, 0.15) is 13.3 Å². The summed E-state index contributed by atoms with van der Waals surface area (Å²) in [6.45, 7) is 0.951. The third-order valence-corrected chi connectivity index (χ3v) is 5.72. The first-order chi connectivity index (χ1) is 11.4. The Labute approximate surface area is 141 Å². The lowest BCUT2D eigenvalue weighted by atomic mass is 10.1. The zero-order chi connectivity index (χ0) is 19.0. The van der Waals surface area contributed by atoms with Gasteiger partial charge in [0.15, 0.2) is 0 Å². The highest BCUT2D eigenvalue weighted by Gasteiger charge is 2.43. The summed E-state index contributed by atoms with van der Waals surface area (Å²) in [5.74, 6) is -0.918. The van der Waals surface area contributed by atoms with E-state index in [0.717, 1.165) is 0 Å². The molecule has 2 aliphatic heterocycles. The fraction of sp³-hybridized carbons (Fsp3) is 0.800. The number of aliphatic hydroxyl groups excluding tert-OH is 1. The van der Waals surface area contributed by atoms with Crippen molar-refractivity contribution in [3.8, 4) is 0 Å². The van der Waals surface area contributed by atoms with E-state index in [1.165, 1.54) is 4.90 Å². The third kappa shape index (κ3) is 5.55. The van der Waals surface area contributed by atoms with E-state index in [9.17, 15) is 28.7 Å². The van der Waals surface area contributed by atoms with Crippen molar-refractivity contribution in [1.82, 2.24) is 10.2 Å². The van der Waals surface area contributed by atoms with Crippen LogP contribution in [0.15, 0.2) is 0 Å². The first-order valence-electron chi connectivity index (χ1n) is 7.07. The number of carbonyl (C=O) groups is 2. The summed E-state index contributed by atoms with van der Waals surface area (Å²) in [5, 5.41) is 12.1. The minimum Gasteiger partial charge on any atom is -0.390 e. The van der Waals surface area contributed by atoms with Crippen molar-refractivity contribution in [2.24, 2.45) is 5.92 Å². The number of hydrogen-bond acceptors (Lipinski definition) is 8. The number of nitrogens with one attached hydrogen (secondary N) is 1. The minimum atomic E-state index is -5.25. The highest BCUT2D eigenvalue weighted by Crippen LogP contribution is 2.57. The molecule has 15 heteroatoms. The van der Waals surface area contributed by atoms with E-state index in [4.69, 9.17) is 14.5 Å². The van der Waals surface area contributed by atoms with Crippen LogP contribution in [0.5, 0.6) is 0 Å². The molecule has 0 spiro atoms. The van der Waals surface area contributed by atoms with E-state index >= 15 is 0 Å². The first kappa shape index (κ1) is 20.4. The van der Waals surface area contributed by atoms with Crippen LogP contribution in [-0.2, 0) is 27.5 Å². The molecule has 144 valence electrons. The van der Waals surface area contributed by atoms with E-state index in [1.54, 1.807) is 6.92 Å². The Bertz CT molecular complexity index is 636. The number of nitrogens with zero attached hydrogens (tertiary/aromatic N) is 1.